The van der Waals surface area contributed by atoms with Crippen molar-refractivity contribution in [3.8, 4) is 55.6 Å². The number of amides is 5. The molecule has 10 aromatic carbocycles. The van der Waals surface area contributed by atoms with Crippen LogP contribution in [0.4, 0.5) is 4.79 Å². The zero-order valence-electron chi connectivity index (χ0n) is 58.8. The molecule has 5 aliphatic rings. The summed E-state index contributed by atoms with van der Waals surface area (Å²) in [4.78, 5) is 95.3. The maximum atomic E-state index is 16.9. The van der Waals surface area contributed by atoms with Gasteiger partial charge in [-0.15, -0.1) is 0 Å². The predicted molar refractivity (Wildman–Crippen MR) is 402 cm³/mol. The van der Waals surface area contributed by atoms with Gasteiger partial charge in [0.25, 0.3) is 0 Å². The van der Waals surface area contributed by atoms with Crippen molar-refractivity contribution in [2.24, 2.45) is 21.7 Å². The molecule has 5 N–H and O–H groups in total. The van der Waals surface area contributed by atoms with Gasteiger partial charge >= 0.3 is 12.1 Å². The Morgan fingerprint density at radius 1 is 0.291 bits per heavy atom. The van der Waals surface area contributed by atoms with E-state index in [-0.39, 0.29) is 108 Å². The number of alkyl carbamates (subject to hydrolysis) is 1. The lowest BCUT2D eigenvalue weighted by atomic mass is 9.73. The molecule has 0 atom stereocenters. The molecule has 0 aliphatic heterocycles. The Bertz CT molecular complexity index is 4770. The monoisotopic (exact) mass is 1360 g/mol. The van der Waals surface area contributed by atoms with Crippen molar-refractivity contribution < 1.29 is 38.2 Å². The first-order chi connectivity index (χ1) is 49.9. The molecule has 5 amide bonds. The Hall–Kier alpha value is -11.2. The molecule has 0 unspecified atom stereocenters. The average Bonchev–Trinajstić information content (AvgIpc) is 1.65. The number of benzene rings is 10. The van der Waals surface area contributed by atoms with Gasteiger partial charge in [-0.25, -0.2) is 9.59 Å². The van der Waals surface area contributed by atoms with Crippen molar-refractivity contribution in [3.05, 3.63) is 298 Å². The minimum Gasteiger partial charge on any atom is -0.467 e. The number of hydrogen-bond acceptors (Lipinski definition) is 8. The van der Waals surface area contributed by atoms with Crippen LogP contribution in [0.2, 0.25) is 0 Å². The van der Waals surface area contributed by atoms with E-state index in [1.807, 2.05) is 158 Å². The van der Waals surface area contributed by atoms with Crippen LogP contribution in [0.3, 0.4) is 0 Å². The normalized spacial score (nSPS) is 16.3. The van der Waals surface area contributed by atoms with Crippen LogP contribution in [0.5, 0.6) is 0 Å². The summed E-state index contributed by atoms with van der Waals surface area (Å²) in [5, 5.41) is 17.0. The second kappa shape index (κ2) is 27.3. The maximum absolute atomic E-state index is 16.9. The number of carbonyl (C=O) groups is 6. The highest BCUT2D eigenvalue weighted by molar-refractivity contribution is 5.96. The molecule has 0 aromatic heterocycles. The van der Waals surface area contributed by atoms with Gasteiger partial charge in [-0.2, -0.15) is 0 Å². The largest absolute Gasteiger partial charge is 0.467 e. The third kappa shape index (κ3) is 13.0. The fourth-order valence-corrected chi connectivity index (χ4v) is 17.4. The lowest BCUT2D eigenvalue weighted by molar-refractivity contribution is -0.153. The molecule has 13 heteroatoms. The first kappa shape index (κ1) is 67.6. The Balaban J connectivity index is 0.823. The number of esters is 1. The highest BCUT2D eigenvalue weighted by atomic mass is 16.6. The number of rotatable bonds is 14. The minimum absolute atomic E-state index is 0.0704. The Kier molecular flexibility index (Phi) is 17.9. The van der Waals surface area contributed by atoms with E-state index in [0.29, 0.717) is 0 Å². The highest BCUT2D eigenvalue weighted by Gasteiger charge is 2.53. The van der Waals surface area contributed by atoms with Gasteiger partial charge in [0.15, 0.2) is 0 Å². The molecule has 5 aliphatic carbocycles. The molecular weight excluding hydrogens is 1280 g/mol. The van der Waals surface area contributed by atoms with Gasteiger partial charge < -0.3 is 36.1 Å². The lowest BCUT2D eigenvalue weighted by Gasteiger charge is -2.40. The van der Waals surface area contributed by atoms with Gasteiger partial charge in [0.05, 0.1) is 28.8 Å². The van der Waals surface area contributed by atoms with E-state index in [4.69, 9.17) is 9.47 Å². The van der Waals surface area contributed by atoms with E-state index < -0.39 is 50.8 Å². The van der Waals surface area contributed by atoms with E-state index in [1.54, 1.807) is 20.8 Å². The lowest BCUT2D eigenvalue weighted by Crippen LogP contribution is -2.63. The molecule has 13 nitrogen and oxygen atoms in total. The summed E-state index contributed by atoms with van der Waals surface area (Å²) >= 11 is 0. The second-order valence-corrected chi connectivity index (χ2v) is 30.4. The van der Waals surface area contributed by atoms with Gasteiger partial charge in [-0.05, 0) is 183 Å². The number of nitrogens with one attached hydrogen (secondary N) is 5. The van der Waals surface area contributed by atoms with Crippen molar-refractivity contribution >= 4 is 35.7 Å². The van der Waals surface area contributed by atoms with Crippen LogP contribution in [0.1, 0.15) is 76.4 Å². The van der Waals surface area contributed by atoms with Gasteiger partial charge in [0, 0.05) is 39.0 Å². The zero-order chi connectivity index (χ0) is 71.1. The molecule has 15 rings (SSSR count). The van der Waals surface area contributed by atoms with E-state index >= 15 is 19.2 Å². The summed E-state index contributed by atoms with van der Waals surface area (Å²) in [5.41, 5.74) is 11.0. The molecule has 0 saturated heterocycles. The van der Waals surface area contributed by atoms with Crippen molar-refractivity contribution in [1.82, 2.24) is 26.6 Å². The molecule has 103 heavy (non-hydrogen) atoms. The van der Waals surface area contributed by atoms with Gasteiger partial charge in [0.1, 0.15) is 11.1 Å². The molecule has 0 heterocycles. The van der Waals surface area contributed by atoms with Gasteiger partial charge in [-0.1, -0.05) is 243 Å². The van der Waals surface area contributed by atoms with E-state index in [1.165, 1.54) is 7.11 Å². The number of carbonyl (C=O) groups excluding carboxylic acids is 6. The third-order valence-corrected chi connectivity index (χ3v) is 22.4. The second-order valence-electron chi connectivity index (χ2n) is 30.4. The average molecular weight is 1360 g/mol. The van der Waals surface area contributed by atoms with Gasteiger partial charge in [0.2, 0.25) is 23.6 Å². The Morgan fingerprint density at radius 2 is 0.485 bits per heavy atom. The third-order valence-electron chi connectivity index (χ3n) is 22.4. The SMILES string of the molecule is COC(=O)C1(NC(=O)C2(CNC(=O)C3(CNC(=O)C4(CNC(=O)C5(CNC(=O)OC(C)(C)C)Cc6ccccc6-c6ccccc6C5)Cc5ccccc5-c5ccccc5C4)Cc4ccccc4-c4ccccc4C3)Cc3ccccc3-c3ccccc3C2)Cc2ccccc2-c2ccccc2C1. The van der Waals surface area contributed by atoms with Crippen LogP contribution in [-0.2, 0) is 97.7 Å². The fourth-order valence-electron chi connectivity index (χ4n) is 17.4. The van der Waals surface area contributed by atoms with Crippen LogP contribution in [0.15, 0.2) is 243 Å². The van der Waals surface area contributed by atoms with Crippen LogP contribution in [0.25, 0.3) is 55.6 Å². The molecule has 518 valence electrons. The molecule has 0 fully saturated rings. The predicted octanol–water partition coefficient (Wildman–Crippen LogP) is 14.2. The van der Waals surface area contributed by atoms with Crippen molar-refractivity contribution in [2.45, 2.75) is 96.1 Å². The van der Waals surface area contributed by atoms with E-state index in [2.05, 4.69) is 112 Å². The van der Waals surface area contributed by atoms with Crippen LogP contribution in [-0.4, -0.2) is 80.1 Å². The van der Waals surface area contributed by atoms with Crippen molar-refractivity contribution in [1.29, 1.82) is 0 Å². The summed E-state index contributed by atoms with van der Waals surface area (Å²) in [6.07, 6.45) is 1.39. The zero-order valence-corrected chi connectivity index (χ0v) is 58.8. The summed E-state index contributed by atoms with van der Waals surface area (Å²) in [5.74, 6) is -2.07. The molecule has 0 bridgehead atoms. The Labute approximate surface area is 602 Å². The summed E-state index contributed by atoms with van der Waals surface area (Å²) in [7, 11) is 1.36. The van der Waals surface area contributed by atoms with Crippen LogP contribution in [0, 0.1) is 21.7 Å². The first-order valence-corrected chi connectivity index (χ1v) is 35.9. The van der Waals surface area contributed by atoms with Crippen LogP contribution < -0.4 is 26.6 Å². The minimum atomic E-state index is -1.57. The van der Waals surface area contributed by atoms with E-state index in [0.717, 1.165) is 111 Å². The number of hydrogen-bond donors (Lipinski definition) is 5. The molecule has 0 spiro atoms. The molecule has 0 saturated carbocycles. The Morgan fingerprint density at radius 3 is 0.699 bits per heavy atom. The topological polar surface area (TPSA) is 181 Å². The number of fused-ring (bicyclic) bond motifs is 15. The van der Waals surface area contributed by atoms with E-state index in [9.17, 15) is 9.59 Å². The number of ether oxygens (including phenoxy) is 2. The number of methoxy groups -OCH3 is 1. The molecular formula is C90H85N5O8. The summed E-state index contributed by atoms with van der Waals surface area (Å²) < 4.78 is 11.6. The standard InChI is InChI=1S/C90H85N5O8/c1-85(2,3)103-84(101)94-58-88(49-63-29-9-19-39-73(63)74-40-20-10-30-64(74)50-88)81(98)92-56-86(45-59-25-5-15-35-69(59)70-36-16-6-26-60(70)46-86)79(96)91-55-87(47-61-27-7-17-37-71(61)72-38-18-8-28-62(72)48-87)80(97)93-57-89(51-65-31-11-21-41-75(65)76-42-22-12-32-66(76)52-89)82(99)95-90(83(100)102-4)53-67-33-13-23-43-77(67)78-44-24-14-34-68(78)54-90/h5-44H,45-58H2,1-4H3,(H,91,96)(H,92,98)(H,93,97)(H,94,101)(H,95,99). The fraction of sp³-hybridized carbons (Fsp3) is 0.267. The van der Waals surface area contributed by atoms with Gasteiger partial charge in [-0.3, -0.25) is 19.2 Å². The van der Waals surface area contributed by atoms with Crippen LogP contribution >= 0.6 is 0 Å². The molecule has 10 aromatic rings. The quantitative estimate of drug-likeness (QED) is 0.0667. The smallest absolute Gasteiger partial charge is 0.407 e. The van der Waals surface area contributed by atoms with Crippen molar-refractivity contribution in [3.63, 3.8) is 0 Å². The summed E-state index contributed by atoms with van der Waals surface area (Å²) in [6, 6.07) is 80.8. The highest BCUT2D eigenvalue weighted by Crippen LogP contribution is 2.47. The molecule has 0 radical (unpaired) electrons. The van der Waals surface area contributed by atoms with Crippen molar-refractivity contribution in [2.75, 3.05) is 33.3 Å². The first-order valence-electron chi connectivity index (χ1n) is 35.9. The summed E-state index contributed by atoms with van der Waals surface area (Å²) in [6.45, 7) is 4.91. The maximum Gasteiger partial charge on any atom is 0.407 e.